The lowest BCUT2D eigenvalue weighted by Crippen LogP contribution is -2.59. The first kappa shape index (κ1) is 9.47. The second kappa shape index (κ2) is 3.25. The van der Waals surface area contributed by atoms with E-state index in [0.717, 1.165) is 18.5 Å². The standard InChI is InChI=1S/C11H22N2/c1-11(2,3)10-7-12-9(6-13-10)8-4-5-8/h8-10,12-13H,4-7H2,1-3H3. The van der Waals surface area contributed by atoms with Gasteiger partial charge in [-0.2, -0.15) is 0 Å². The molecule has 2 nitrogen and oxygen atoms in total. The zero-order chi connectivity index (χ0) is 9.47. The monoisotopic (exact) mass is 182 g/mol. The Labute approximate surface area is 81.5 Å². The van der Waals surface area contributed by atoms with Crippen LogP contribution in [0.3, 0.4) is 0 Å². The number of hydrogen-bond acceptors (Lipinski definition) is 2. The maximum Gasteiger partial charge on any atom is 0.0241 e. The minimum Gasteiger partial charge on any atom is -0.311 e. The molecule has 0 aromatic rings. The van der Waals surface area contributed by atoms with Crippen LogP contribution in [0.15, 0.2) is 0 Å². The highest BCUT2D eigenvalue weighted by Gasteiger charge is 2.36. The molecule has 1 aliphatic heterocycles. The highest BCUT2D eigenvalue weighted by Crippen LogP contribution is 2.33. The summed E-state index contributed by atoms with van der Waals surface area (Å²) in [5, 5.41) is 7.34. The topological polar surface area (TPSA) is 24.1 Å². The van der Waals surface area contributed by atoms with E-state index in [2.05, 4.69) is 31.4 Å². The second-order valence-electron chi connectivity index (χ2n) is 5.68. The fraction of sp³-hybridized carbons (Fsp3) is 1.00. The summed E-state index contributed by atoms with van der Waals surface area (Å²) in [5.74, 6) is 0.980. The van der Waals surface area contributed by atoms with Gasteiger partial charge in [-0.3, -0.25) is 0 Å². The van der Waals surface area contributed by atoms with Crippen molar-refractivity contribution in [3.05, 3.63) is 0 Å². The Morgan fingerprint density at radius 1 is 1.00 bits per heavy atom. The van der Waals surface area contributed by atoms with Crippen LogP contribution in [0, 0.1) is 11.3 Å². The SMILES string of the molecule is CC(C)(C)C1CNC(C2CC2)CN1. The Bertz CT molecular complexity index is 171. The maximum atomic E-state index is 3.68. The van der Waals surface area contributed by atoms with Gasteiger partial charge in [-0.15, -0.1) is 0 Å². The number of hydrogen-bond donors (Lipinski definition) is 2. The zero-order valence-electron chi connectivity index (χ0n) is 9.06. The van der Waals surface area contributed by atoms with Gasteiger partial charge in [-0.1, -0.05) is 20.8 Å². The summed E-state index contributed by atoms with van der Waals surface area (Å²) < 4.78 is 0. The summed E-state index contributed by atoms with van der Waals surface area (Å²) in [6.07, 6.45) is 2.89. The third kappa shape index (κ3) is 2.23. The molecule has 0 bridgehead atoms. The molecule has 0 amide bonds. The fourth-order valence-electron chi connectivity index (χ4n) is 2.13. The van der Waals surface area contributed by atoms with Gasteiger partial charge >= 0.3 is 0 Å². The van der Waals surface area contributed by atoms with Gasteiger partial charge < -0.3 is 10.6 Å². The maximum absolute atomic E-state index is 3.68. The summed E-state index contributed by atoms with van der Waals surface area (Å²) in [6, 6.07) is 1.40. The van der Waals surface area contributed by atoms with Gasteiger partial charge in [0, 0.05) is 25.2 Å². The molecular formula is C11H22N2. The van der Waals surface area contributed by atoms with E-state index in [9.17, 15) is 0 Å². The van der Waals surface area contributed by atoms with E-state index in [-0.39, 0.29) is 0 Å². The molecule has 1 saturated heterocycles. The lowest BCUT2D eigenvalue weighted by atomic mass is 9.85. The van der Waals surface area contributed by atoms with Gasteiger partial charge in [-0.05, 0) is 24.2 Å². The molecule has 0 spiro atoms. The Hall–Kier alpha value is -0.0800. The number of nitrogens with one attached hydrogen (secondary N) is 2. The van der Waals surface area contributed by atoms with Crippen LogP contribution in [0.4, 0.5) is 0 Å². The van der Waals surface area contributed by atoms with Crippen LogP contribution in [0.25, 0.3) is 0 Å². The van der Waals surface area contributed by atoms with Crippen LogP contribution < -0.4 is 10.6 Å². The van der Waals surface area contributed by atoms with Gasteiger partial charge in [0.05, 0.1) is 0 Å². The molecule has 0 aromatic carbocycles. The average molecular weight is 182 g/mol. The molecule has 1 saturated carbocycles. The van der Waals surface area contributed by atoms with Crippen molar-refractivity contribution in [2.24, 2.45) is 11.3 Å². The summed E-state index contributed by atoms with van der Waals surface area (Å²) in [6.45, 7) is 9.24. The van der Waals surface area contributed by atoms with Crippen molar-refractivity contribution in [3.8, 4) is 0 Å². The third-order valence-electron chi connectivity index (χ3n) is 3.40. The van der Waals surface area contributed by atoms with Gasteiger partial charge in [0.15, 0.2) is 0 Å². The summed E-state index contributed by atoms with van der Waals surface area (Å²) >= 11 is 0. The summed E-state index contributed by atoms with van der Waals surface area (Å²) in [4.78, 5) is 0. The Morgan fingerprint density at radius 3 is 2.08 bits per heavy atom. The van der Waals surface area contributed by atoms with Crippen LogP contribution in [-0.4, -0.2) is 25.2 Å². The summed E-state index contributed by atoms with van der Waals surface area (Å²) in [5.41, 5.74) is 0.390. The quantitative estimate of drug-likeness (QED) is 0.640. The lowest BCUT2D eigenvalue weighted by Gasteiger charge is -2.38. The van der Waals surface area contributed by atoms with Crippen molar-refractivity contribution in [1.82, 2.24) is 10.6 Å². The van der Waals surface area contributed by atoms with E-state index in [1.54, 1.807) is 0 Å². The molecule has 2 fully saturated rings. The molecule has 76 valence electrons. The molecule has 0 aromatic heterocycles. The predicted molar refractivity (Wildman–Crippen MR) is 55.8 cm³/mol. The molecule has 2 N–H and O–H groups in total. The number of rotatable bonds is 1. The molecule has 2 atom stereocenters. The van der Waals surface area contributed by atoms with E-state index >= 15 is 0 Å². The first-order valence-corrected chi connectivity index (χ1v) is 5.54. The van der Waals surface area contributed by atoms with Gasteiger partial charge in [0.1, 0.15) is 0 Å². The normalized spacial score (nSPS) is 36.2. The Balaban J connectivity index is 1.81. The largest absolute Gasteiger partial charge is 0.311 e. The number of piperazine rings is 1. The molecule has 0 radical (unpaired) electrons. The minimum absolute atomic E-state index is 0.390. The van der Waals surface area contributed by atoms with Crippen molar-refractivity contribution >= 4 is 0 Å². The fourth-order valence-corrected chi connectivity index (χ4v) is 2.13. The van der Waals surface area contributed by atoms with E-state index in [0.29, 0.717) is 11.5 Å². The van der Waals surface area contributed by atoms with Crippen molar-refractivity contribution in [1.29, 1.82) is 0 Å². The highest BCUT2D eigenvalue weighted by atomic mass is 15.1. The van der Waals surface area contributed by atoms with Crippen LogP contribution in [0.1, 0.15) is 33.6 Å². The molecule has 2 aliphatic rings. The smallest absolute Gasteiger partial charge is 0.0241 e. The first-order chi connectivity index (χ1) is 6.07. The molecule has 1 heterocycles. The van der Waals surface area contributed by atoms with Crippen LogP contribution in [-0.2, 0) is 0 Å². The second-order valence-corrected chi connectivity index (χ2v) is 5.68. The van der Waals surface area contributed by atoms with Gasteiger partial charge in [0.2, 0.25) is 0 Å². The zero-order valence-corrected chi connectivity index (χ0v) is 9.06. The van der Waals surface area contributed by atoms with Gasteiger partial charge in [-0.25, -0.2) is 0 Å². The molecule has 2 heteroatoms. The van der Waals surface area contributed by atoms with E-state index in [1.165, 1.54) is 19.4 Å². The van der Waals surface area contributed by atoms with Crippen LogP contribution >= 0.6 is 0 Å². The first-order valence-electron chi connectivity index (χ1n) is 5.54. The molecular weight excluding hydrogens is 160 g/mol. The van der Waals surface area contributed by atoms with Gasteiger partial charge in [0.25, 0.3) is 0 Å². The van der Waals surface area contributed by atoms with Crippen LogP contribution in [0.5, 0.6) is 0 Å². The lowest BCUT2D eigenvalue weighted by molar-refractivity contribution is 0.207. The Kier molecular flexibility index (Phi) is 2.37. The molecule has 2 unspecified atom stereocenters. The van der Waals surface area contributed by atoms with Crippen molar-refractivity contribution in [2.75, 3.05) is 13.1 Å². The van der Waals surface area contributed by atoms with Crippen molar-refractivity contribution in [2.45, 2.75) is 45.7 Å². The molecule has 13 heavy (non-hydrogen) atoms. The minimum atomic E-state index is 0.390. The van der Waals surface area contributed by atoms with E-state index in [4.69, 9.17) is 0 Å². The highest BCUT2D eigenvalue weighted by molar-refractivity contribution is 4.95. The third-order valence-corrected chi connectivity index (χ3v) is 3.40. The van der Waals surface area contributed by atoms with Crippen molar-refractivity contribution < 1.29 is 0 Å². The Morgan fingerprint density at radius 2 is 1.69 bits per heavy atom. The molecule has 1 aliphatic carbocycles. The van der Waals surface area contributed by atoms with Crippen LogP contribution in [0.2, 0.25) is 0 Å². The van der Waals surface area contributed by atoms with Crippen molar-refractivity contribution in [3.63, 3.8) is 0 Å². The molecule has 2 rings (SSSR count). The summed E-state index contributed by atoms with van der Waals surface area (Å²) in [7, 11) is 0. The average Bonchev–Trinajstić information content (AvgIpc) is 2.85. The van der Waals surface area contributed by atoms with E-state index in [1.807, 2.05) is 0 Å². The predicted octanol–water partition coefficient (Wildman–Crippen LogP) is 1.37. The van der Waals surface area contributed by atoms with E-state index < -0.39 is 0 Å².